The number of rotatable bonds is 5. The third-order valence-corrected chi connectivity index (χ3v) is 2.74. The summed E-state index contributed by atoms with van der Waals surface area (Å²) >= 11 is 0. The van der Waals surface area contributed by atoms with Crippen LogP contribution >= 0.6 is 0 Å². The van der Waals surface area contributed by atoms with E-state index in [2.05, 4.69) is 24.5 Å². The van der Waals surface area contributed by atoms with Crippen molar-refractivity contribution < 1.29 is 0 Å². The van der Waals surface area contributed by atoms with Crippen LogP contribution in [0.25, 0.3) is 0 Å². The lowest BCUT2D eigenvalue weighted by Crippen LogP contribution is -2.35. The first-order chi connectivity index (χ1) is 5.83. The molecule has 72 valence electrons. The zero-order valence-electron chi connectivity index (χ0n) is 8.40. The van der Waals surface area contributed by atoms with Gasteiger partial charge in [0.2, 0.25) is 0 Å². The highest BCUT2D eigenvalue weighted by Crippen LogP contribution is 2.03. The van der Waals surface area contributed by atoms with Gasteiger partial charge in [-0.1, -0.05) is 20.3 Å². The van der Waals surface area contributed by atoms with Crippen molar-refractivity contribution in [2.45, 2.75) is 39.2 Å². The van der Waals surface area contributed by atoms with Crippen LogP contribution in [0.15, 0.2) is 0 Å². The number of hydrogen-bond acceptors (Lipinski definition) is 2. The SMILES string of the molecule is CCC(C)CNCC1CCCN1. The Morgan fingerprint density at radius 2 is 2.42 bits per heavy atom. The minimum atomic E-state index is 0.744. The predicted octanol–water partition coefficient (Wildman–Crippen LogP) is 1.37. The minimum Gasteiger partial charge on any atom is -0.315 e. The summed E-state index contributed by atoms with van der Waals surface area (Å²) in [5.74, 6) is 0.825. The summed E-state index contributed by atoms with van der Waals surface area (Å²) in [6.07, 6.45) is 3.99. The van der Waals surface area contributed by atoms with Gasteiger partial charge in [-0.2, -0.15) is 0 Å². The van der Waals surface area contributed by atoms with E-state index in [4.69, 9.17) is 0 Å². The Kier molecular flexibility index (Phi) is 4.62. The molecule has 2 atom stereocenters. The van der Waals surface area contributed by atoms with E-state index in [1.807, 2.05) is 0 Å². The summed E-state index contributed by atoms with van der Waals surface area (Å²) < 4.78 is 0. The van der Waals surface area contributed by atoms with Crippen LogP contribution in [0.1, 0.15) is 33.1 Å². The largest absolute Gasteiger partial charge is 0.315 e. The van der Waals surface area contributed by atoms with Crippen LogP contribution in [0.5, 0.6) is 0 Å². The van der Waals surface area contributed by atoms with Crippen molar-refractivity contribution in [2.75, 3.05) is 19.6 Å². The molecular weight excluding hydrogens is 148 g/mol. The maximum Gasteiger partial charge on any atom is 0.0192 e. The fourth-order valence-corrected chi connectivity index (χ4v) is 1.58. The third kappa shape index (κ3) is 3.55. The monoisotopic (exact) mass is 170 g/mol. The second-order valence-corrected chi connectivity index (χ2v) is 3.96. The first kappa shape index (κ1) is 10.0. The molecule has 1 aliphatic heterocycles. The molecule has 1 fully saturated rings. The van der Waals surface area contributed by atoms with Crippen molar-refractivity contribution in [3.8, 4) is 0 Å². The summed E-state index contributed by atoms with van der Waals surface area (Å²) in [6.45, 7) is 8.10. The molecule has 0 aromatic carbocycles. The van der Waals surface area contributed by atoms with Gasteiger partial charge in [0.15, 0.2) is 0 Å². The molecule has 0 amide bonds. The lowest BCUT2D eigenvalue weighted by atomic mass is 10.1. The smallest absolute Gasteiger partial charge is 0.0192 e. The molecule has 0 bridgehead atoms. The van der Waals surface area contributed by atoms with Gasteiger partial charge < -0.3 is 10.6 Å². The van der Waals surface area contributed by atoms with E-state index in [0.717, 1.165) is 18.5 Å². The van der Waals surface area contributed by atoms with Crippen molar-refractivity contribution >= 4 is 0 Å². The highest BCUT2D eigenvalue weighted by atomic mass is 15.0. The van der Waals surface area contributed by atoms with Crippen molar-refractivity contribution in [2.24, 2.45) is 5.92 Å². The molecule has 0 aliphatic carbocycles. The maximum atomic E-state index is 3.52. The topological polar surface area (TPSA) is 24.1 Å². The molecule has 0 saturated carbocycles. The fourth-order valence-electron chi connectivity index (χ4n) is 1.58. The minimum absolute atomic E-state index is 0.744. The molecule has 2 unspecified atom stereocenters. The Labute approximate surface area is 76.1 Å². The summed E-state index contributed by atoms with van der Waals surface area (Å²) in [7, 11) is 0. The summed E-state index contributed by atoms with van der Waals surface area (Å²) in [5, 5.41) is 7.00. The van der Waals surface area contributed by atoms with Crippen LogP contribution in [0.3, 0.4) is 0 Å². The molecule has 0 aromatic rings. The Morgan fingerprint density at radius 1 is 1.58 bits per heavy atom. The van der Waals surface area contributed by atoms with E-state index >= 15 is 0 Å². The van der Waals surface area contributed by atoms with Gasteiger partial charge in [-0.25, -0.2) is 0 Å². The maximum absolute atomic E-state index is 3.52. The number of hydrogen-bond donors (Lipinski definition) is 2. The van der Waals surface area contributed by atoms with E-state index in [1.165, 1.54) is 32.4 Å². The van der Waals surface area contributed by atoms with Gasteiger partial charge in [0.25, 0.3) is 0 Å². The van der Waals surface area contributed by atoms with Gasteiger partial charge in [-0.15, -0.1) is 0 Å². The van der Waals surface area contributed by atoms with Gasteiger partial charge in [-0.3, -0.25) is 0 Å². The van der Waals surface area contributed by atoms with Crippen molar-refractivity contribution in [1.82, 2.24) is 10.6 Å². The summed E-state index contributed by atoms with van der Waals surface area (Å²) in [6, 6.07) is 0.744. The average Bonchev–Trinajstić information content (AvgIpc) is 2.57. The predicted molar refractivity (Wildman–Crippen MR) is 53.3 cm³/mol. The first-order valence-electron chi connectivity index (χ1n) is 5.27. The molecule has 1 saturated heterocycles. The van der Waals surface area contributed by atoms with Crippen LogP contribution < -0.4 is 10.6 Å². The van der Waals surface area contributed by atoms with Crippen LogP contribution in [0, 0.1) is 5.92 Å². The molecule has 2 N–H and O–H groups in total. The van der Waals surface area contributed by atoms with Gasteiger partial charge in [-0.05, 0) is 31.8 Å². The lowest BCUT2D eigenvalue weighted by Gasteiger charge is -2.14. The molecule has 0 spiro atoms. The summed E-state index contributed by atoms with van der Waals surface area (Å²) in [5.41, 5.74) is 0. The molecule has 0 aromatic heterocycles. The van der Waals surface area contributed by atoms with E-state index in [1.54, 1.807) is 0 Å². The fraction of sp³-hybridized carbons (Fsp3) is 1.00. The van der Waals surface area contributed by atoms with Crippen LogP contribution in [0.2, 0.25) is 0 Å². The molecule has 2 nitrogen and oxygen atoms in total. The Bertz CT molecular complexity index is 108. The van der Waals surface area contributed by atoms with Gasteiger partial charge in [0, 0.05) is 12.6 Å². The Balaban J connectivity index is 1.94. The lowest BCUT2D eigenvalue weighted by molar-refractivity contribution is 0.464. The Hall–Kier alpha value is -0.0800. The molecule has 1 aliphatic rings. The molecule has 1 rings (SSSR count). The van der Waals surface area contributed by atoms with Gasteiger partial charge in [0.1, 0.15) is 0 Å². The van der Waals surface area contributed by atoms with Crippen molar-refractivity contribution in [1.29, 1.82) is 0 Å². The highest BCUT2D eigenvalue weighted by molar-refractivity contribution is 4.76. The van der Waals surface area contributed by atoms with Gasteiger partial charge >= 0.3 is 0 Å². The normalized spacial score (nSPS) is 26.0. The molecule has 1 heterocycles. The third-order valence-electron chi connectivity index (χ3n) is 2.74. The molecule has 2 heteroatoms. The first-order valence-corrected chi connectivity index (χ1v) is 5.27. The highest BCUT2D eigenvalue weighted by Gasteiger charge is 2.12. The van der Waals surface area contributed by atoms with E-state index in [0.29, 0.717) is 0 Å². The number of nitrogens with one attached hydrogen (secondary N) is 2. The molecule has 12 heavy (non-hydrogen) atoms. The van der Waals surface area contributed by atoms with Gasteiger partial charge in [0.05, 0.1) is 0 Å². The second kappa shape index (κ2) is 5.55. The quantitative estimate of drug-likeness (QED) is 0.651. The molecule has 0 radical (unpaired) electrons. The van der Waals surface area contributed by atoms with E-state index in [-0.39, 0.29) is 0 Å². The van der Waals surface area contributed by atoms with Crippen molar-refractivity contribution in [3.63, 3.8) is 0 Å². The second-order valence-electron chi connectivity index (χ2n) is 3.96. The van der Waals surface area contributed by atoms with Crippen LogP contribution in [0.4, 0.5) is 0 Å². The van der Waals surface area contributed by atoms with Crippen LogP contribution in [-0.4, -0.2) is 25.7 Å². The Morgan fingerprint density at radius 3 is 3.00 bits per heavy atom. The van der Waals surface area contributed by atoms with E-state index < -0.39 is 0 Å². The molecular formula is C10H22N2. The zero-order valence-corrected chi connectivity index (χ0v) is 8.40. The average molecular weight is 170 g/mol. The summed E-state index contributed by atoms with van der Waals surface area (Å²) in [4.78, 5) is 0. The standard InChI is InChI=1S/C10H22N2/c1-3-9(2)7-11-8-10-5-4-6-12-10/h9-12H,3-8H2,1-2H3. The van der Waals surface area contributed by atoms with Crippen molar-refractivity contribution in [3.05, 3.63) is 0 Å². The zero-order chi connectivity index (χ0) is 8.81. The van der Waals surface area contributed by atoms with Crippen LogP contribution in [-0.2, 0) is 0 Å². The van der Waals surface area contributed by atoms with E-state index in [9.17, 15) is 0 Å².